The molecule has 2 rings (SSSR count). The fourth-order valence-electron chi connectivity index (χ4n) is 2.01. The number of aromatic nitrogens is 2. The van der Waals surface area contributed by atoms with Crippen molar-refractivity contribution in [3.63, 3.8) is 0 Å². The summed E-state index contributed by atoms with van der Waals surface area (Å²) in [6.07, 6.45) is 0.360. The highest BCUT2D eigenvalue weighted by Gasteiger charge is 2.27. The number of hydrogen-bond acceptors (Lipinski definition) is 3. The molecule has 0 radical (unpaired) electrons. The normalized spacial score (nSPS) is 26.9. The Balaban J connectivity index is 2.31. The standard InChI is InChI=1S/C11H18N2O2/c1-7-8(2)12-13(9(7)3)10-6-15-5-4-11(10)14/h10-11,14H,4-6H2,1-3H3. The second-order valence-electron chi connectivity index (χ2n) is 4.24. The van der Waals surface area contributed by atoms with E-state index in [9.17, 15) is 5.11 Å². The lowest BCUT2D eigenvalue weighted by Crippen LogP contribution is -2.35. The van der Waals surface area contributed by atoms with Gasteiger partial charge in [-0.1, -0.05) is 0 Å². The van der Waals surface area contributed by atoms with Crippen LogP contribution in [-0.2, 0) is 4.74 Å². The fourth-order valence-corrected chi connectivity index (χ4v) is 2.01. The summed E-state index contributed by atoms with van der Waals surface area (Å²) in [5.74, 6) is 0. The first kappa shape index (κ1) is 10.6. The lowest BCUT2D eigenvalue weighted by Gasteiger charge is -2.28. The van der Waals surface area contributed by atoms with E-state index in [1.165, 1.54) is 5.56 Å². The number of aliphatic hydroxyl groups is 1. The predicted octanol–water partition coefficient (Wildman–Crippen LogP) is 1.13. The summed E-state index contributed by atoms with van der Waals surface area (Å²) in [6, 6.07) is -0.0221. The molecule has 1 fully saturated rings. The molecule has 0 saturated carbocycles. The van der Waals surface area contributed by atoms with Gasteiger partial charge in [-0.05, 0) is 32.8 Å². The molecule has 0 aromatic carbocycles. The molecule has 1 aliphatic rings. The first-order valence-electron chi connectivity index (χ1n) is 5.39. The molecule has 0 bridgehead atoms. The van der Waals surface area contributed by atoms with E-state index in [2.05, 4.69) is 12.0 Å². The topological polar surface area (TPSA) is 47.3 Å². The highest BCUT2D eigenvalue weighted by Crippen LogP contribution is 2.23. The van der Waals surface area contributed by atoms with Gasteiger partial charge in [-0.3, -0.25) is 4.68 Å². The number of ether oxygens (including phenoxy) is 1. The van der Waals surface area contributed by atoms with Gasteiger partial charge in [0.1, 0.15) is 6.04 Å². The van der Waals surface area contributed by atoms with Crippen LogP contribution >= 0.6 is 0 Å². The average molecular weight is 210 g/mol. The van der Waals surface area contributed by atoms with Crippen LogP contribution in [0.4, 0.5) is 0 Å². The molecule has 4 nitrogen and oxygen atoms in total. The molecule has 1 aromatic heterocycles. The second kappa shape index (κ2) is 3.94. The van der Waals surface area contributed by atoms with Crippen LogP contribution in [0.15, 0.2) is 0 Å². The molecule has 2 heterocycles. The maximum absolute atomic E-state index is 9.91. The van der Waals surface area contributed by atoms with E-state index in [-0.39, 0.29) is 12.1 Å². The van der Waals surface area contributed by atoms with Crippen LogP contribution in [0.5, 0.6) is 0 Å². The van der Waals surface area contributed by atoms with Crippen LogP contribution in [0, 0.1) is 20.8 Å². The number of nitrogens with zero attached hydrogens (tertiary/aromatic N) is 2. The van der Waals surface area contributed by atoms with Crippen molar-refractivity contribution in [3.05, 3.63) is 17.0 Å². The largest absolute Gasteiger partial charge is 0.391 e. The maximum atomic E-state index is 9.91. The van der Waals surface area contributed by atoms with E-state index in [4.69, 9.17) is 4.74 Å². The summed E-state index contributed by atoms with van der Waals surface area (Å²) in [6.45, 7) is 7.30. The van der Waals surface area contributed by atoms with Gasteiger partial charge in [-0.15, -0.1) is 0 Å². The van der Waals surface area contributed by atoms with E-state index in [1.807, 2.05) is 18.5 Å². The van der Waals surface area contributed by atoms with Crippen molar-refractivity contribution in [1.82, 2.24) is 9.78 Å². The van der Waals surface area contributed by atoms with E-state index in [0.717, 1.165) is 11.4 Å². The summed E-state index contributed by atoms with van der Waals surface area (Å²) >= 11 is 0. The number of aryl methyl sites for hydroxylation is 1. The third kappa shape index (κ3) is 1.79. The van der Waals surface area contributed by atoms with Gasteiger partial charge in [0.05, 0.1) is 18.4 Å². The smallest absolute Gasteiger partial charge is 0.101 e. The molecule has 15 heavy (non-hydrogen) atoms. The number of rotatable bonds is 1. The quantitative estimate of drug-likeness (QED) is 0.756. The number of hydrogen-bond donors (Lipinski definition) is 1. The molecule has 2 unspecified atom stereocenters. The molecule has 2 atom stereocenters. The summed E-state index contributed by atoms with van der Waals surface area (Å²) in [5.41, 5.74) is 3.36. The molecule has 0 spiro atoms. The molecule has 84 valence electrons. The van der Waals surface area contributed by atoms with E-state index >= 15 is 0 Å². The molecule has 1 aromatic rings. The SMILES string of the molecule is Cc1nn(C2COCCC2O)c(C)c1C. The van der Waals surface area contributed by atoms with Crippen molar-refractivity contribution >= 4 is 0 Å². The Bertz CT molecular complexity index is 360. The van der Waals surface area contributed by atoms with Gasteiger partial charge >= 0.3 is 0 Å². The van der Waals surface area contributed by atoms with Crippen molar-refractivity contribution < 1.29 is 9.84 Å². The predicted molar refractivity (Wildman–Crippen MR) is 56.9 cm³/mol. The first-order chi connectivity index (χ1) is 7.11. The molecule has 1 N–H and O–H groups in total. The molecule has 1 aliphatic heterocycles. The van der Waals surface area contributed by atoms with Crippen LogP contribution in [-0.4, -0.2) is 34.2 Å². The van der Waals surface area contributed by atoms with Gasteiger partial charge in [-0.2, -0.15) is 5.10 Å². The van der Waals surface area contributed by atoms with Crippen LogP contribution in [0.3, 0.4) is 0 Å². The van der Waals surface area contributed by atoms with Crippen LogP contribution in [0.2, 0.25) is 0 Å². The molecule has 0 aliphatic carbocycles. The molecule has 1 saturated heterocycles. The minimum absolute atomic E-state index is 0.0221. The molecule has 4 heteroatoms. The molecular weight excluding hydrogens is 192 g/mol. The Hall–Kier alpha value is -0.870. The zero-order chi connectivity index (χ0) is 11.0. The zero-order valence-electron chi connectivity index (χ0n) is 9.53. The zero-order valence-corrected chi connectivity index (χ0v) is 9.53. The maximum Gasteiger partial charge on any atom is 0.101 e. The first-order valence-corrected chi connectivity index (χ1v) is 5.39. The highest BCUT2D eigenvalue weighted by atomic mass is 16.5. The van der Waals surface area contributed by atoms with Crippen LogP contribution in [0.1, 0.15) is 29.4 Å². The Morgan fingerprint density at radius 2 is 2.13 bits per heavy atom. The van der Waals surface area contributed by atoms with E-state index in [0.29, 0.717) is 19.6 Å². The highest BCUT2D eigenvalue weighted by molar-refractivity contribution is 5.22. The van der Waals surface area contributed by atoms with Crippen molar-refractivity contribution in [2.45, 2.75) is 39.3 Å². The fraction of sp³-hybridized carbons (Fsp3) is 0.727. The molecule has 0 amide bonds. The third-order valence-corrected chi connectivity index (χ3v) is 3.29. The van der Waals surface area contributed by atoms with Gasteiger partial charge < -0.3 is 9.84 Å². The minimum Gasteiger partial charge on any atom is -0.391 e. The Labute approximate surface area is 89.9 Å². The van der Waals surface area contributed by atoms with Crippen LogP contribution in [0.25, 0.3) is 0 Å². The minimum atomic E-state index is -0.337. The lowest BCUT2D eigenvalue weighted by atomic mass is 10.1. The van der Waals surface area contributed by atoms with Crippen molar-refractivity contribution in [2.75, 3.05) is 13.2 Å². The van der Waals surface area contributed by atoms with Crippen LogP contribution < -0.4 is 0 Å². The Morgan fingerprint density at radius 3 is 2.67 bits per heavy atom. The Morgan fingerprint density at radius 1 is 1.40 bits per heavy atom. The number of aliphatic hydroxyl groups excluding tert-OH is 1. The van der Waals surface area contributed by atoms with Crippen molar-refractivity contribution in [2.24, 2.45) is 0 Å². The lowest BCUT2D eigenvalue weighted by molar-refractivity contribution is -0.0337. The van der Waals surface area contributed by atoms with Gasteiger partial charge in [0, 0.05) is 12.3 Å². The summed E-state index contributed by atoms with van der Waals surface area (Å²) in [5, 5.41) is 14.4. The van der Waals surface area contributed by atoms with E-state index in [1.54, 1.807) is 0 Å². The van der Waals surface area contributed by atoms with Gasteiger partial charge in [0.15, 0.2) is 0 Å². The van der Waals surface area contributed by atoms with E-state index < -0.39 is 0 Å². The van der Waals surface area contributed by atoms with Gasteiger partial charge in [0.2, 0.25) is 0 Å². The average Bonchev–Trinajstić information content (AvgIpc) is 2.47. The van der Waals surface area contributed by atoms with Gasteiger partial charge in [-0.25, -0.2) is 0 Å². The monoisotopic (exact) mass is 210 g/mol. The molecular formula is C11H18N2O2. The second-order valence-corrected chi connectivity index (χ2v) is 4.24. The Kier molecular flexibility index (Phi) is 2.80. The van der Waals surface area contributed by atoms with Crippen molar-refractivity contribution in [3.8, 4) is 0 Å². The summed E-state index contributed by atoms with van der Waals surface area (Å²) in [7, 11) is 0. The van der Waals surface area contributed by atoms with Crippen molar-refractivity contribution in [1.29, 1.82) is 0 Å². The summed E-state index contributed by atoms with van der Waals surface area (Å²) < 4.78 is 7.30. The van der Waals surface area contributed by atoms with Gasteiger partial charge in [0.25, 0.3) is 0 Å². The third-order valence-electron chi connectivity index (χ3n) is 3.29. The summed E-state index contributed by atoms with van der Waals surface area (Å²) in [4.78, 5) is 0.